The fourth-order valence-electron chi connectivity index (χ4n) is 2.80. The Bertz CT molecular complexity index is 805. The zero-order valence-corrected chi connectivity index (χ0v) is 15.9. The zero-order chi connectivity index (χ0) is 18.7. The lowest BCUT2D eigenvalue weighted by molar-refractivity contribution is -0.122. The van der Waals surface area contributed by atoms with Crippen LogP contribution in [0.5, 0.6) is 5.75 Å². The Balaban J connectivity index is 1.70. The fourth-order valence-corrected chi connectivity index (χ4v) is 3.55. The van der Waals surface area contributed by atoms with Gasteiger partial charge in [-0.3, -0.25) is 9.59 Å². The van der Waals surface area contributed by atoms with E-state index in [1.54, 1.807) is 4.90 Å². The van der Waals surface area contributed by atoms with E-state index in [-0.39, 0.29) is 24.2 Å². The molecule has 0 spiro atoms. The summed E-state index contributed by atoms with van der Waals surface area (Å²) in [6.07, 6.45) is 0.169. The van der Waals surface area contributed by atoms with Crippen molar-refractivity contribution in [3.05, 3.63) is 29.3 Å². The van der Waals surface area contributed by atoms with E-state index in [2.05, 4.69) is 15.5 Å². The van der Waals surface area contributed by atoms with Crippen LogP contribution in [0.25, 0.3) is 0 Å². The summed E-state index contributed by atoms with van der Waals surface area (Å²) < 4.78 is 5.60. The summed E-state index contributed by atoms with van der Waals surface area (Å²) in [6.45, 7) is 6.78. The minimum atomic E-state index is -0.427. The van der Waals surface area contributed by atoms with Gasteiger partial charge < -0.3 is 15.0 Å². The monoisotopic (exact) mass is 374 g/mol. The van der Waals surface area contributed by atoms with Crippen molar-refractivity contribution < 1.29 is 14.3 Å². The zero-order valence-electron chi connectivity index (χ0n) is 15.1. The Labute approximate surface area is 156 Å². The second-order valence-electron chi connectivity index (χ2n) is 6.40. The maximum Gasteiger partial charge on any atom is 0.231 e. The van der Waals surface area contributed by atoms with Crippen LogP contribution < -0.4 is 15.0 Å². The van der Waals surface area contributed by atoms with Crippen molar-refractivity contribution >= 4 is 34.0 Å². The second-order valence-corrected chi connectivity index (χ2v) is 7.40. The predicted molar refractivity (Wildman–Crippen MR) is 101 cm³/mol. The third kappa shape index (κ3) is 3.85. The molecule has 0 bridgehead atoms. The van der Waals surface area contributed by atoms with Crippen LogP contribution >= 0.6 is 11.3 Å². The average molecular weight is 374 g/mol. The highest BCUT2D eigenvalue weighted by atomic mass is 32.1. The summed E-state index contributed by atoms with van der Waals surface area (Å²) >= 11 is 1.36. The van der Waals surface area contributed by atoms with Crippen LogP contribution in [-0.4, -0.2) is 35.2 Å². The number of hydrogen-bond acceptors (Lipinski definition) is 6. The van der Waals surface area contributed by atoms with Crippen molar-refractivity contribution in [1.29, 1.82) is 0 Å². The molecule has 1 fully saturated rings. The molecule has 138 valence electrons. The van der Waals surface area contributed by atoms with Gasteiger partial charge in [0.1, 0.15) is 10.8 Å². The number of aromatic nitrogens is 2. The molecule has 1 saturated heterocycles. The van der Waals surface area contributed by atoms with Crippen LogP contribution in [0.2, 0.25) is 0 Å². The first-order chi connectivity index (χ1) is 12.5. The van der Waals surface area contributed by atoms with E-state index in [4.69, 9.17) is 4.74 Å². The molecule has 0 saturated carbocycles. The molecule has 1 aliphatic heterocycles. The van der Waals surface area contributed by atoms with Crippen molar-refractivity contribution in [2.45, 2.75) is 33.1 Å². The van der Waals surface area contributed by atoms with Crippen LogP contribution in [0.15, 0.2) is 24.3 Å². The summed E-state index contributed by atoms with van der Waals surface area (Å²) in [6, 6.07) is 7.38. The highest BCUT2D eigenvalue weighted by Gasteiger charge is 2.36. The van der Waals surface area contributed by atoms with Crippen LogP contribution in [0, 0.1) is 5.92 Å². The smallest absolute Gasteiger partial charge is 0.231 e. The third-order valence-electron chi connectivity index (χ3n) is 4.12. The van der Waals surface area contributed by atoms with Gasteiger partial charge in [0, 0.05) is 18.9 Å². The molecule has 1 N–H and O–H groups in total. The number of carbonyl (C=O) groups is 2. The first kappa shape index (κ1) is 18.3. The van der Waals surface area contributed by atoms with Gasteiger partial charge in [-0.25, -0.2) is 0 Å². The maximum absolute atomic E-state index is 12.5. The molecule has 7 nitrogen and oxygen atoms in total. The SMILES string of the molecule is CCOc1ccccc1N1C[C@@H](C(=O)Nc2nnc(C(C)C)s2)CC1=O. The van der Waals surface area contributed by atoms with Crippen LogP contribution in [0.4, 0.5) is 10.8 Å². The van der Waals surface area contributed by atoms with Gasteiger partial charge in [-0.2, -0.15) is 0 Å². The van der Waals surface area contributed by atoms with Crippen molar-refractivity contribution in [3.63, 3.8) is 0 Å². The highest BCUT2D eigenvalue weighted by Crippen LogP contribution is 2.33. The number of anilines is 2. The molecule has 1 aliphatic rings. The number of rotatable bonds is 6. The van der Waals surface area contributed by atoms with E-state index in [1.807, 2.05) is 45.0 Å². The topological polar surface area (TPSA) is 84.4 Å². The highest BCUT2D eigenvalue weighted by molar-refractivity contribution is 7.15. The number of para-hydroxylation sites is 2. The predicted octanol–water partition coefficient (Wildman–Crippen LogP) is 3.05. The quantitative estimate of drug-likeness (QED) is 0.840. The molecule has 1 atom stereocenters. The lowest BCUT2D eigenvalue weighted by Crippen LogP contribution is -2.28. The second kappa shape index (κ2) is 7.82. The molecule has 26 heavy (non-hydrogen) atoms. The number of benzene rings is 1. The van der Waals surface area contributed by atoms with E-state index < -0.39 is 5.92 Å². The molecule has 2 heterocycles. The van der Waals surface area contributed by atoms with E-state index in [9.17, 15) is 9.59 Å². The van der Waals surface area contributed by atoms with Gasteiger partial charge in [-0.15, -0.1) is 10.2 Å². The van der Waals surface area contributed by atoms with Gasteiger partial charge in [-0.05, 0) is 19.1 Å². The number of amides is 2. The summed E-state index contributed by atoms with van der Waals surface area (Å²) in [7, 11) is 0. The molecule has 0 aliphatic carbocycles. The molecule has 1 aromatic carbocycles. The Morgan fingerprint density at radius 2 is 2.15 bits per heavy atom. The molecule has 2 amide bonds. The summed E-state index contributed by atoms with van der Waals surface area (Å²) in [5.41, 5.74) is 0.702. The largest absolute Gasteiger partial charge is 0.492 e. The first-order valence-electron chi connectivity index (χ1n) is 8.66. The Morgan fingerprint density at radius 1 is 1.38 bits per heavy atom. The number of nitrogens with one attached hydrogen (secondary N) is 1. The lowest BCUT2D eigenvalue weighted by Gasteiger charge is -2.20. The van der Waals surface area contributed by atoms with E-state index >= 15 is 0 Å². The Hall–Kier alpha value is -2.48. The molecular formula is C18H22N4O3S. The van der Waals surface area contributed by atoms with E-state index in [1.165, 1.54) is 11.3 Å². The standard InChI is InChI=1S/C18H22N4O3S/c1-4-25-14-8-6-5-7-13(14)22-10-12(9-15(22)23)16(24)19-18-21-20-17(26-18)11(2)3/h5-8,11-12H,4,9-10H2,1-3H3,(H,19,21,24)/t12-/m0/s1. The lowest BCUT2D eigenvalue weighted by atomic mass is 10.1. The van der Waals surface area contributed by atoms with Crippen LogP contribution in [-0.2, 0) is 9.59 Å². The normalized spacial score (nSPS) is 17.0. The molecule has 2 aromatic rings. The van der Waals surface area contributed by atoms with Gasteiger partial charge in [0.05, 0.1) is 18.2 Å². The summed E-state index contributed by atoms with van der Waals surface area (Å²) in [4.78, 5) is 26.6. The van der Waals surface area contributed by atoms with Crippen molar-refractivity contribution in [2.24, 2.45) is 5.92 Å². The first-order valence-corrected chi connectivity index (χ1v) is 9.47. The molecular weight excluding hydrogens is 352 g/mol. The Morgan fingerprint density at radius 3 is 2.85 bits per heavy atom. The van der Waals surface area contributed by atoms with Crippen molar-refractivity contribution in [1.82, 2.24) is 10.2 Å². The number of carbonyl (C=O) groups excluding carboxylic acids is 2. The Kier molecular flexibility index (Phi) is 5.51. The van der Waals surface area contributed by atoms with E-state index in [0.717, 1.165) is 5.01 Å². The molecule has 8 heteroatoms. The molecule has 3 rings (SSSR count). The van der Waals surface area contributed by atoms with Gasteiger partial charge in [0.2, 0.25) is 16.9 Å². The fraction of sp³-hybridized carbons (Fsp3) is 0.444. The summed E-state index contributed by atoms with van der Waals surface area (Å²) in [5, 5.41) is 12.2. The molecule has 0 radical (unpaired) electrons. The summed E-state index contributed by atoms with van der Waals surface area (Å²) in [5.74, 6) is 0.189. The van der Waals surface area contributed by atoms with Gasteiger partial charge in [-0.1, -0.05) is 37.3 Å². The molecule has 1 aromatic heterocycles. The number of nitrogens with zero attached hydrogens (tertiary/aromatic N) is 3. The van der Waals surface area contributed by atoms with Gasteiger partial charge in [0.15, 0.2) is 0 Å². The van der Waals surface area contributed by atoms with Crippen molar-refractivity contribution in [2.75, 3.05) is 23.4 Å². The van der Waals surface area contributed by atoms with Crippen LogP contribution in [0.1, 0.15) is 38.1 Å². The van der Waals surface area contributed by atoms with Gasteiger partial charge in [0.25, 0.3) is 0 Å². The van der Waals surface area contributed by atoms with Crippen molar-refractivity contribution in [3.8, 4) is 5.75 Å². The minimum Gasteiger partial charge on any atom is -0.492 e. The number of ether oxygens (including phenoxy) is 1. The average Bonchev–Trinajstić information content (AvgIpc) is 3.23. The van der Waals surface area contributed by atoms with E-state index in [0.29, 0.717) is 29.7 Å². The number of hydrogen-bond donors (Lipinski definition) is 1. The maximum atomic E-state index is 12.5. The molecule has 0 unspecified atom stereocenters. The van der Waals surface area contributed by atoms with Crippen LogP contribution in [0.3, 0.4) is 0 Å². The van der Waals surface area contributed by atoms with Gasteiger partial charge >= 0.3 is 0 Å². The minimum absolute atomic E-state index is 0.0857. The third-order valence-corrected chi connectivity index (χ3v) is 5.26.